The topological polar surface area (TPSA) is 92.9 Å². The third kappa shape index (κ3) is 2.98. The van der Waals surface area contributed by atoms with Crippen molar-refractivity contribution in [1.29, 1.82) is 0 Å². The molecule has 4 rings (SSSR count). The van der Waals surface area contributed by atoms with Crippen LogP contribution in [0.25, 0.3) is 11.1 Å². The molecule has 1 amide bonds. The highest BCUT2D eigenvalue weighted by Gasteiger charge is 2.41. The minimum Gasteiger partial charge on any atom is -0.612 e. The third-order valence-electron chi connectivity index (χ3n) is 4.95. The molecular formula is C16H18BrN3O4S. The summed E-state index contributed by atoms with van der Waals surface area (Å²) in [5, 5.41) is 9.47. The highest BCUT2D eigenvalue weighted by atomic mass is 79.9. The number of piperazine rings is 1. The van der Waals surface area contributed by atoms with Gasteiger partial charge in [0.1, 0.15) is 11.8 Å². The maximum Gasteiger partial charge on any atom is 0.407 e. The summed E-state index contributed by atoms with van der Waals surface area (Å²) in [4.78, 5) is 20.4. The Kier molecular flexibility index (Phi) is 4.33. The number of amides is 1. The van der Waals surface area contributed by atoms with Gasteiger partial charge in [0, 0.05) is 25.2 Å². The fourth-order valence-electron chi connectivity index (χ4n) is 3.83. The molecule has 25 heavy (non-hydrogen) atoms. The molecule has 2 aliphatic rings. The molecule has 3 unspecified atom stereocenters. The summed E-state index contributed by atoms with van der Waals surface area (Å²) in [5.41, 5.74) is 1.27. The Morgan fingerprint density at radius 2 is 2.08 bits per heavy atom. The molecule has 2 fully saturated rings. The zero-order valence-corrected chi connectivity index (χ0v) is 16.0. The van der Waals surface area contributed by atoms with Crippen LogP contribution in [0.3, 0.4) is 0 Å². The smallest absolute Gasteiger partial charge is 0.407 e. The highest BCUT2D eigenvalue weighted by molar-refractivity contribution is 9.10. The summed E-state index contributed by atoms with van der Waals surface area (Å²) in [5.74, 6) is 0. The molecule has 0 radical (unpaired) electrons. The molecule has 2 aromatic rings. The lowest BCUT2D eigenvalue weighted by Gasteiger charge is -2.48. The number of aromatic nitrogens is 1. The Bertz CT molecular complexity index is 813. The van der Waals surface area contributed by atoms with Crippen LogP contribution < -0.4 is 4.90 Å². The summed E-state index contributed by atoms with van der Waals surface area (Å²) in [6.45, 7) is 1.17. The maximum atomic E-state index is 11.7. The molecule has 2 aliphatic heterocycles. The summed E-state index contributed by atoms with van der Waals surface area (Å²) in [6.07, 6.45) is 3.56. The summed E-state index contributed by atoms with van der Waals surface area (Å²) in [7, 11) is 0. The number of fused-ring (bicyclic) bond motifs is 3. The maximum absolute atomic E-state index is 11.7. The minimum atomic E-state index is -1.10. The Morgan fingerprint density at radius 3 is 2.68 bits per heavy atom. The largest absolute Gasteiger partial charge is 0.612 e. The normalized spacial score (nSPS) is 24.6. The molecule has 134 valence electrons. The SMILES string of the molecule is C[S+]([O-])c1cc(Br)c2oc(N3CC4CCCC(C3)N4C(=O)O)nc2c1. The fourth-order valence-corrected chi connectivity index (χ4v) is 5.08. The van der Waals surface area contributed by atoms with E-state index < -0.39 is 17.3 Å². The number of anilines is 1. The lowest BCUT2D eigenvalue weighted by Crippen LogP contribution is -2.62. The number of hydrogen-bond acceptors (Lipinski definition) is 5. The number of hydrogen-bond donors (Lipinski definition) is 1. The van der Waals surface area contributed by atoms with Gasteiger partial charge in [-0.05, 0) is 46.4 Å². The lowest BCUT2D eigenvalue weighted by molar-refractivity contribution is 0.0593. The van der Waals surface area contributed by atoms with Crippen LogP contribution >= 0.6 is 15.9 Å². The molecule has 0 aliphatic carbocycles. The first-order valence-electron chi connectivity index (χ1n) is 8.13. The summed E-state index contributed by atoms with van der Waals surface area (Å²) >= 11 is 2.36. The van der Waals surface area contributed by atoms with Crippen molar-refractivity contribution in [3.05, 3.63) is 16.6 Å². The predicted molar refractivity (Wildman–Crippen MR) is 97.5 cm³/mol. The average molecular weight is 428 g/mol. The van der Waals surface area contributed by atoms with Crippen molar-refractivity contribution in [2.24, 2.45) is 0 Å². The first-order chi connectivity index (χ1) is 11.9. The molecule has 2 bridgehead atoms. The van der Waals surface area contributed by atoms with Crippen LogP contribution in [-0.4, -0.2) is 57.1 Å². The number of benzene rings is 1. The molecule has 3 atom stereocenters. The minimum absolute atomic E-state index is 0.0258. The Balaban J connectivity index is 1.66. The third-order valence-corrected chi connectivity index (χ3v) is 6.44. The zero-order valence-electron chi connectivity index (χ0n) is 13.6. The molecule has 1 N–H and O–H groups in total. The second-order valence-electron chi connectivity index (χ2n) is 6.54. The van der Waals surface area contributed by atoms with Gasteiger partial charge in [0.15, 0.2) is 10.5 Å². The van der Waals surface area contributed by atoms with Gasteiger partial charge < -0.3 is 19.0 Å². The molecule has 1 aromatic heterocycles. The first kappa shape index (κ1) is 17.0. The van der Waals surface area contributed by atoms with Crippen molar-refractivity contribution in [1.82, 2.24) is 9.88 Å². The van der Waals surface area contributed by atoms with Crippen molar-refractivity contribution in [3.63, 3.8) is 0 Å². The Morgan fingerprint density at radius 1 is 1.40 bits per heavy atom. The number of halogens is 1. The average Bonchev–Trinajstić information content (AvgIpc) is 2.98. The van der Waals surface area contributed by atoms with E-state index in [9.17, 15) is 14.5 Å². The van der Waals surface area contributed by atoms with Crippen LogP contribution in [0.4, 0.5) is 10.8 Å². The van der Waals surface area contributed by atoms with Crippen LogP contribution in [0.5, 0.6) is 0 Å². The fraction of sp³-hybridized carbons (Fsp3) is 0.500. The number of carboxylic acid groups (broad SMARTS) is 1. The van der Waals surface area contributed by atoms with E-state index in [-0.39, 0.29) is 12.1 Å². The highest BCUT2D eigenvalue weighted by Crippen LogP contribution is 2.35. The number of piperidine rings is 1. The molecule has 0 spiro atoms. The van der Waals surface area contributed by atoms with Gasteiger partial charge in [0.2, 0.25) is 0 Å². The van der Waals surface area contributed by atoms with Crippen LogP contribution in [0, 0.1) is 0 Å². The van der Waals surface area contributed by atoms with Crippen LogP contribution in [0.15, 0.2) is 25.9 Å². The number of rotatable bonds is 2. The molecule has 7 nitrogen and oxygen atoms in total. The van der Waals surface area contributed by atoms with Crippen molar-refractivity contribution in [2.75, 3.05) is 24.2 Å². The molecule has 1 aromatic carbocycles. The second-order valence-corrected chi connectivity index (χ2v) is 8.77. The van der Waals surface area contributed by atoms with Crippen LogP contribution in [-0.2, 0) is 11.2 Å². The van der Waals surface area contributed by atoms with E-state index in [1.807, 2.05) is 4.90 Å². The number of nitrogens with zero attached hydrogens (tertiary/aromatic N) is 3. The van der Waals surface area contributed by atoms with Gasteiger partial charge in [-0.15, -0.1) is 0 Å². The summed E-state index contributed by atoms with van der Waals surface area (Å²) in [6, 6.07) is 4.00. The van der Waals surface area contributed by atoms with Crippen molar-refractivity contribution < 1.29 is 18.9 Å². The van der Waals surface area contributed by atoms with E-state index in [0.29, 0.717) is 35.1 Å². The Labute approximate surface area is 156 Å². The van der Waals surface area contributed by atoms with Gasteiger partial charge in [0.05, 0.1) is 16.6 Å². The molecular weight excluding hydrogens is 410 g/mol. The summed E-state index contributed by atoms with van der Waals surface area (Å²) < 4.78 is 18.4. The van der Waals surface area contributed by atoms with Crippen LogP contribution in [0.2, 0.25) is 0 Å². The molecule has 9 heteroatoms. The van der Waals surface area contributed by atoms with Crippen molar-refractivity contribution in [2.45, 2.75) is 36.2 Å². The number of carbonyl (C=O) groups is 1. The number of oxazole rings is 1. The molecule has 2 saturated heterocycles. The van der Waals surface area contributed by atoms with Gasteiger partial charge in [-0.1, -0.05) is 0 Å². The molecule has 3 heterocycles. The van der Waals surface area contributed by atoms with E-state index in [1.165, 1.54) is 0 Å². The lowest BCUT2D eigenvalue weighted by atomic mass is 9.92. The molecule has 0 saturated carbocycles. The first-order valence-corrected chi connectivity index (χ1v) is 10.5. The van der Waals surface area contributed by atoms with E-state index >= 15 is 0 Å². The monoisotopic (exact) mass is 427 g/mol. The van der Waals surface area contributed by atoms with E-state index in [0.717, 1.165) is 23.7 Å². The zero-order chi connectivity index (χ0) is 17.7. The van der Waals surface area contributed by atoms with Crippen LogP contribution in [0.1, 0.15) is 19.3 Å². The quantitative estimate of drug-likeness (QED) is 0.740. The van der Waals surface area contributed by atoms with E-state index in [1.54, 1.807) is 23.3 Å². The van der Waals surface area contributed by atoms with Gasteiger partial charge in [-0.25, -0.2) is 4.79 Å². The second kappa shape index (κ2) is 6.37. The standard InChI is InChI=1S/C16H18BrN3O4S/c1-25(23)11-5-12(17)14-13(6-11)18-15(24-14)19-7-9-3-2-4-10(8-19)20(9)16(21)22/h5-6,9-10H,2-4,7-8H2,1H3,(H,21,22). The van der Waals surface area contributed by atoms with Gasteiger partial charge in [-0.2, -0.15) is 4.98 Å². The predicted octanol–water partition coefficient (Wildman–Crippen LogP) is 3.05. The van der Waals surface area contributed by atoms with Crippen molar-refractivity contribution >= 4 is 50.3 Å². The Hall–Kier alpha value is -1.45. The van der Waals surface area contributed by atoms with E-state index in [2.05, 4.69) is 20.9 Å². The van der Waals surface area contributed by atoms with E-state index in [4.69, 9.17) is 4.42 Å². The van der Waals surface area contributed by atoms with Gasteiger partial charge >= 0.3 is 6.09 Å². The van der Waals surface area contributed by atoms with Gasteiger partial charge in [0.25, 0.3) is 6.01 Å². The van der Waals surface area contributed by atoms with Gasteiger partial charge in [-0.3, -0.25) is 4.90 Å². The van der Waals surface area contributed by atoms with Crippen molar-refractivity contribution in [3.8, 4) is 0 Å².